The molecule has 0 spiro atoms. The molecule has 3 aliphatic rings. The van der Waals surface area contributed by atoms with Crippen LogP contribution in [0, 0.1) is 0 Å². The lowest BCUT2D eigenvalue weighted by molar-refractivity contribution is -0.136. The van der Waals surface area contributed by atoms with Crippen LogP contribution in [0.25, 0.3) is 0 Å². The van der Waals surface area contributed by atoms with Crippen molar-refractivity contribution < 1.29 is 19.1 Å². The Kier molecular flexibility index (Phi) is 7.55. The Balaban J connectivity index is 1.16. The van der Waals surface area contributed by atoms with Gasteiger partial charge in [-0.25, -0.2) is 0 Å². The molecule has 3 heterocycles. The van der Waals surface area contributed by atoms with Gasteiger partial charge in [0.2, 0.25) is 11.8 Å². The summed E-state index contributed by atoms with van der Waals surface area (Å²) in [5.41, 5.74) is 3.70. The number of hydrogen-bond donors (Lipinski definition) is 1. The zero-order chi connectivity index (χ0) is 25.9. The fraction of sp³-hybridized carbons (Fsp3) is 0.464. The molecule has 2 fully saturated rings. The summed E-state index contributed by atoms with van der Waals surface area (Å²) in [4.78, 5) is 45.6. The highest BCUT2D eigenvalue weighted by Gasteiger charge is 2.40. The number of imide groups is 1. The van der Waals surface area contributed by atoms with Gasteiger partial charge in [0.05, 0.1) is 13.2 Å². The molecule has 0 radical (unpaired) electrons. The number of rotatable bonds is 8. The van der Waals surface area contributed by atoms with Crippen molar-refractivity contribution in [2.75, 3.05) is 46.9 Å². The summed E-state index contributed by atoms with van der Waals surface area (Å²) in [6, 6.07) is 13.3. The molecule has 37 heavy (non-hydrogen) atoms. The van der Waals surface area contributed by atoms with Crippen LogP contribution in [0.2, 0.25) is 0 Å². The maximum atomic E-state index is 13.0. The predicted molar refractivity (Wildman–Crippen MR) is 139 cm³/mol. The topological polar surface area (TPSA) is 85.4 Å². The van der Waals surface area contributed by atoms with Crippen LogP contribution >= 0.6 is 0 Å². The SMILES string of the molecule is CN(C)CN1CCN(Cc2ccc(COc3cccc4c3CN([C@@H]3CCC(=O)NC3=O)C4=O)cc2)CC1. The van der Waals surface area contributed by atoms with Crippen LogP contribution in [0.3, 0.4) is 0 Å². The van der Waals surface area contributed by atoms with E-state index in [1.807, 2.05) is 6.07 Å². The molecule has 1 atom stereocenters. The third-order valence-corrected chi connectivity index (χ3v) is 7.31. The number of ether oxygens (including phenoxy) is 1. The van der Waals surface area contributed by atoms with Crippen LogP contribution in [0.15, 0.2) is 42.5 Å². The Morgan fingerprint density at radius 3 is 2.35 bits per heavy atom. The first-order valence-electron chi connectivity index (χ1n) is 12.9. The first-order valence-corrected chi connectivity index (χ1v) is 12.9. The van der Waals surface area contributed by atoms with Crippen molar-refractivity contribution in [3.63, 3.8) is 0 Å². The summed E-state index contributed by atoms with van der Waals surface area (Å²) >= 11 is 0. The molecule has 0 saturated carbocycles. The van der Waals surface area contributed by atoms with Gasteiger partial charge in [0, 0.05) is 50.3 Å². The number of nitrogens with one attached hydrogen (secondary N) is 1. The highest BCUT2D eigenvalue weighted by atomic mass is 16.5. The Bertz CT molecular complexity index is 1160. The third-order valence-electron chi connectivity index (χ3n) is 7.31. The standard InChI is InChI=1S/C28H35N5O4/c1-30(2)19-32-14-12-31(13-15-32)16-20-6-8-21(9-7-20)18-37-25-5-3-4-22-23(25)17-33(28(22)36)24-10-11-26(34)29-27(24)35/h3-9,24H,10-19H2,1-2H3,(H,29,34,35)/t24-/m1/s1. The summed E-state index contributed by atoms with van der Waals surface area (Å²) in [7, 11) is 4.22. The highest BCUT2D eigenvalue weighted by Crippen LogP contribution is 2.34. The molecule has 0 bridgehead atoms. The van der Waals surface area contributed by atoms with Crippen molar-refractivity contribution in [1.29, 1.82) is 0 Å². The Labute approximate surface area is 217 Å². The minimum atomic E-state index is -0.631. The van der Waals surface area contributed by atoms with Gasteiger partial charge in [-0.1, -0.05) is 30.3 Å². The van der Waals surface area contributed by atoms with Crippen LogP contribution in [0.4, 0.5) is 0 Å². The fourth-order valence-electron chi connectivity index (χ4n) is 5.34. The lowest BCUT2D eigenvalue weighted by Crippen LogP contribution is -2.52. The third kappa shape index (κ3) is 5.84. The van der Waals surface area contributed by atoms with Gasteiger partial charge < -0.3 is 9.64 Å². The second-order valence-electron chi connectivity index (χ2n) is 10.4. The van der Waals surface area contributed by atoms with E-state index in [0.717, 1.165) is 50.5 Å². The summed E-state index contributed by atoms with van der Waals surface area (Å²) in [5, 5.41) is 2.34. The molecule has 9 nitrogen and oxygen atoms in total. The average Bonchev–Trinajstić information content (AvgIpc) is 3.21. The smallest absolute Gasteiger partial charge is 0.255 e. The lowest BCUT2D eigenvalue weighted by Gasteiger charge is -2.36. The summed E-state index contributed by atoms with van der Waals surface area (Å²) in [5.74, 6) is -0.236. The zero-order valence-electron chi connectivity index (χ0n) is 21.6. The maximum absolute atomic E-state index is 13.0. The summed E-state index contributed by atoms with van der Waals surface area (Å²) in [6.45, 7) is 6.99. The van der Waals surface area contributed by atoms with Gasteiger partial charge in [0.1, 0.15) is 18.4 Å². The van der Waals surface area contributed by atoms with E-state index in [9.17, 15) is 14.4 Å². The minimum absolute atomic E-state index is 0.193. The van der Waals surface area contributed by atoms with E-state index in [4.69, 9.17) is 4.74 Å². The van der Waals surface area contributed by atoms with Gasteiger partial charge >= 0.3 is 0 Å². The zero-order valence-corrected chi connectivity index (χ0v) is 21.6. The first kappa shape index (κ1) is 25.4. The molecule has 2 aromatic rings. The van der Waals surface area contributed by atoms with Crippen molar-refractivity contribution in [3.05, 3.63) is 64.7 Å². The predicted octanol–water partition coefficient (Wildman–Crippen LogP) is 1.66. The number of carbonyl (C=O) groups excluding carboxylic acids is 3. The van der Waals surface area contributed by atoms with Crippen molar-refractivity contribution in [1.82, 2.24) is 24.9 Å². The van der Waals surface area contributed by atoms with Crippen molar-refractivity contribution >= 4 is 17.7 Å². The molecular formula is C28H35N5O4. The van der Waals surface area contributed by atoms with E-state index in [-0.39, 0.29) is 18.2 Å². The van der Waals surface area contributed by atoms with Gasteiger partial charge in [-0.05, 0) is 43.8 Å². The molecule has 0 unspecified atom stereocenters. The molecule has 196 valence electrons. The number of nitrogens with zero attached hydrogens (tertiary/aromatic N) is 4. The molecular weight excluding hydrogens is 470 g/mol. The molecule has 3 amide bonds. The Morgan fingerprint density at radius 1 is 0.946 bits per heavy atom. The number of carbonyl (C=O) groups is 3. The first-order chi connectivity index (χ1) is 17.9. The van der Waals surface area contributed by atoms with E-state index in [1.54, 1.807) is 17.0 Å². The number of piperazine rings is 1. The van der Waals surface area contributed by atoms with Crippen molar-refractivity contribution in [2.45, 2.75) is 38.6 Å². The fourth-order valence-corrected chi connectivity index (χ4v) is 5.34. The average molecular weight is 506 g/mol. The minimum Gasteiger partial charge on any atom is -0.489 e. The number of amides is 3. The van der Waals surface area contributed by atoms with E-state index in [0.29, 0.717) is 30.9 Å². The Morgan fingerprint density at radius 2 is 1.65 bits per heavy atom. The van der Waals surface area contributed by atoms with Gasteiger partial charge in [-0.15, -0.1) is 0 Å². The molecule has 2 saturated heterocycles. The normalized spacial score (nSPS) is 20.9. The molecule has 1 N–H and O–H groups in total. The number of piperidine rings is 1. The summed E-state index contributed by atoms with van der Waals surface area (Å²) in [6.07, 6.45) is 0.585. The van der Waals surface area contributed by atoms with Gasteiger partial charge in [-0.3, -0.25) is 34.4 Å². The van der Waals surface area contributed by atoms with Crippen LogP contribution in [-0.2, 0) is 29.3 Å². The number of benzene rings is 2. The number of hydrogen-bond acceptors (Lipinski definition) is 7. The van der Waals surface area contributed by atoms with Crippen LogP contribution in [0.1, 0.15) is 39.9 Å². The van der Waals surface area contributed by atoms with Gasteiger partial charge in [0.25, 0.3) is 5.91 Å². The van der Waals surface area contributed by atoms with E-state index in [2.05, 4.69) is 58.4 Å². The second kappa shape index (κ2) is 11.0. The van der Waals surface area contributed by atoms with Crippen LogP contribution < -0.4 is 10.1 Å². The largest absolute Gasteiger partial charge is 0.489 e. The van der Waals surface area contributed by atoms with Gasteiger partial charge in [0.15, 0.2) is 0 Å². The Hall–Kier alpha value is -3.27. The molecule has 9 heteroatoms. The quantitative estimate of drug-likeness (QED) is 0.547. The van der Waals surface area contributed by atoms with Gasteiger partial charge in [-0.2, -0.15) is 0 Å². The van der Waals surface area contributed by atoms with E-state index < -0.39 is 11.9 Å². The number of fused-ring (bicyclic) bond motifs is 1. The highest BCUT2D eigenvalue weighted by molar-refractivity contribution is 6.05. The van der Waals surface area contributed by atoms with Crippen molar-refractivity contribution in [3.8, 4) is 5.75 Å². The second-order valence-corrected chi connectivity index (χ2v) is 10.4. The lowest BCUT2D eigenvalue weighted by atomic mass is 10.0. The maximum Gasteiger partial charge on any atom is 0.255 e. The molecule has 3 aliphatic heterocycles. The van der Waals surface area contributed by atoms with Crippen LogP contribution in [-0.4, -0.2) is 90.3 Å². The monoisotopic (exact) mass is 505 g/mol. The van der Waals surface area contributed by atoms with E-state index in [1.165, 1.54) is 5.56 Å². The molecule has 2 aromatic carbocycles. The van der Waals surface area contributed by atoms with E-state index >= 15 is 0 Å². The molecule has 0 aromatic heterocycles. The van der Waals surface area contributed by atoms with Crippen molar-refractivity contribution in [2.24, 2.45) is 0 Å². The molecule has 5 rings (SSSR count). The summed E-state index contributed by atoms with van der Waals surface area (Å²) < 4.78 is 6.14. The molecule has 0 aliphatic carbocycles. The van der Waals surface area contributed by atoms with Crippen LogP contribution in [0.5, 0.6) is 5.75 Å².